The number of ether oxygens (including phenoxy) is 2. The smallest absolute Gasteiger partial charge is 0.326 e. The first kappa shape index (κ1) is 19.3. The lowest BCUT2D eigenvalue weighted by Crippen LogP contribution is -2.45. The molecule has 2 aliphatic heterocycles. The van der Waals surface area contributed by atoms with Crippen molar-refractivity contribution in [3.63, 3.8) is 0 Å². The number of piperidine rings is 1. The van der Waals surface area contributed by atoms with Crippen molar-refractivity contribution in [2.75, 3.05) is 33.4 Å². The second-order valence-electron chi connectivity index (χ2n) is 7.25. The Labute approximate surface area is 159 Å². The van der Waals surface area contributed by atoms with Crippen LogP contribution in [0.4, 0.5) is 0 Å². The van der Waals surface area contributed by atoms with E-state index in [0.29, 0.717) is 6.04 Å². The van der Waals surface area contributed by atoms with E-state index < -0.39 is 0 Å². The lowest BCUT2D eigenvalue weighted by atomic mass is 9.99. The molecule has 2 aromatic rings. The Morgan fingerprint density at radius 1 is 1.12 bits per heavy atom. The van der Waals surface area contributed by atoms with E-state index in [4.69, 9.17) is 9.47 Å². The molecular weight excluding hydrogens is 354 g/mol. The number of likely N-dealkylation sites (tertiary alicyclic amines) is 1. The van der Waals surface area contributed by atoms with Crippen molar-refractivity contribution >= 4 is 23.4 Å². The summed E-state index contributed by atoms with van der Waals surface area (Å²) in [7, 11) is 1.66. The number of rotatable bonds is 3. The Bertz CT molecular complexity index is 802. The minimum absolute atomic E-state index is 0. The van der Waals surface area contributed by atoms with Crippen molar-refractivity contribution < 1.29 is 9.47 Å². The molecule has 0 unspecified atom stereocenters. The summed E-state index contributed by atoms with van der Waals surface area (Å²) < 4.78 is 12.8. The molecule has 1 aromatic heterocycles. The number of H-pyrrole nitrogens is 1. The highest BCUT2D eigenvalue weighted by Crippen LogP contribution is 2.30. The molecule has 0 radical (unpaired) electrons. The second kappa shape index (κ2) is 8.03. The van der Waals surface area contributed by atoms with E-state index in [1.54, 1.807) is 7.11 Å². The van der Waals surface area contributed by atoms with Crippen molar-refractivity contribution in [3.05, 3.63) is 28.2 Å². The van der Waals surface area contributed by atoms with Crippen LogP contribution in [0.1, 0.15) is 37.3 Å². The van der Waals surface area contributed by atoms with Crippen LogP contribution in [0.2, 0.25) is 0 Å². The van der Waals surface area contributed by atoms with E-state index in [-0.39, 0.29) is 24.1 Å². The van der Waals surface area contributed by atoms with Crippen molar-refractivity contribution in [2.45, 2.75) is 44.7 Å². The number of benzene rings is 1. The quantitative estimate of drug-likeness (QED) is 0.888. The zero-order valence-electron chi connectivity index (χ0n) is 15.5. The van der Waals surface area contributed by atoms with Crippen molar-refractivity contribution in [3.8, 4) is 5.75 Å². The van der Waals surface area contributed by atoms with Gasteiger partial charge in [-0.2, -0.15) is 0 Å². The van der Waals surface area contributed by atoms with Crippen LogP contribution in [0.15, 0.2) is 16.9 Å². The molecule has 1 aromatic carbocycles. The summed E-state index contributed by atoms with van der Waals surface area (Å²) in [5, 5.41) is 0. The Morgan fingerprint density at radius 2 is 1.81 bits per heavy atom. The number of fused-ring (bicyclic) bond motifs is 1. The normalized spacial score (nSPS) is 20.2. The van der Waals surface area contributed by atoms with Gasteiger partial charge >= 0.3 is 5.69 Å². The molecular formula is C19H28ClN3O3. The van der Waals surface area contributed by atoms with E-state index in [2.05, 4.69) is 16.0 Å². The van der Waals surface area contributed by atoms with Crippen LogP contribution in [-0.4, -0.2) is 53.9 Å². The maximum absolute atomic E-state index is 12.6. The standard InChI is InChI=1S/C19H27N3O3.ClH/c1-13-11-17-16(12-18(13)24-2)20-19(23)22(17)15-3-7-21(8-4-15)14-5-9-25-10-6-14;/h11-12,14-15H,3-10H2,1-2H3,(H,20,23);1H. The fraction of sp³-hybridized carbons (Fsp3) is 0.632. The van der Waals surface area contributed by atoms with Crippen LogP contribution < -0.4 is 10.4 Å². The van der Waals surface area contributed by atoms with Crippen molar-refractivity contribution in [2.24, 2.45) is 0 Å². The summed E-state index contributed by atoms with van der Waals surface area (Å²) in [6.45, 7) is 5.90. The first-order valence-corrected chi connectivity index (χ1v) is 9.28. The Balaban J connectivity index is 0.00000196. The van der Waals surface area contributed by atoms with Gasteiger partial charge in [0.05, 0.1) is 18.1 Å². The van der Waals surface area contributed by atoms with Crippen LogP contribution in [0.5, 0.6) is 5.75 Å². The number of hydrogen-bond acceptors (Lipinski definition) is 4. The number of nitrogens with zero attached hydrogens (tertiary/aromatic N) is 2. The second-order valence-corrected chi connectivity index (χ2v) is 7.25. The molecule has 2 aliphatic rings. The maximum Gasteiger partial charge on any atom is 0.326 e. The number of aromatic amines is 1. The SMILES string of the molecule is COc1cc2[nH]c(=O)n(C3CCN(C4CCOCC4)CC3)c2cc1C.Cl. The van der Waals surface area contributed by atoms with Gasteiger partial charge in [-0.15, -0.1) is 12.4 Å². The molecule has 3 heterocycles. The molecule has 0 spiro atoms. The highest BCUT2D eigenvalue weighted by molar-refractivity contribution is 5.85. The van der Waals surface area contributed by atoms with Crippen LogP contribution in [0, 0.1) is 6.92 Å². The van der Waals surface area contributed by atoms with Crippen LogP contribution >= 0.6 is 12.4 Å². The van der Waals surface area contributed by atoms with Gasteiger partial charge in [0.1, 0.15) is 5.75 Å². The summed E-state index contributed by atoms with van der Waals surface area (Å²) >= 11 is 0. The molecule has 26 heavy (non-hydrogen) atoms. The molecule has 0 bridgehead atoms. The van der Waals surface area contributed by atoms with E-state index in [0.717, 1.165) is 74.3 Å². The lowest BCUT2D eigenvalue weighted by Gasteiger charge is -2.39. The fourth-order valence-electron chi connectivity index (χ4n) is 4.40. The number of imidazole rings is 1. The fourth-order valence-corrected chi connectivity index (χ4v) is 4.40. The number of nitrogens with one attached hydrogen (secondary N) is 1. The van der Waals surface area contributed by atoms with E-state index >= 15 is 0 Å². The average Bonchev–Trinajstić information content (AvgIpc) is 2.96. The molecule has 0 amide bonds. The van der Waals surface area contributed by atoms with Gasteiger partial charge in [-0.3, -0.25) is 4.57 Å². The largest absolute Gasteiger partial charge is 0.496 e. The molecule has 4 rings (SSSR count). The molecule has 144 valence electrons. The number of hydrogen-bond donors (Lipinski definition) is 1. The minimum Gasteiger partial charge on any atom is -0.496 e. The highest BCUT2D eigenvalue weighted by atomic mass is 35.5. The Kier molecular flexibility index (Phi) is 5.95. The molecule has 7 heteroatoms. The summed E-state index contributed by atoms with van der Waals surface area (Å²) in [5.74, 6) is 0.815. The third-order valence-electron chi connectivity index (χ3n) is 5.80. The van der Waals surface area contributed by atoms with Gasteiger partial charge in [-0.05, 0) is 44.2 Å². The molecule has 0 atom stereocenters. The van der Waals surface area contributed by atoms with Crippen LogP contribution in [-0.2, 0) is 4.74 Å². The summed E-state index contributed by atoms with van der Waals surface area (Å²) in [6, 6.07) is 4.92. The van der Waals surface area contributed by atoms with Gasteiger partial charge in [0.15, 0.2) is 0 Å². The number of aryl methyl sites for hydroxylation is 1. The van der Waals surface area contributed by atoms with Gasteiger partial charge in [0.25, 0.3) is 0 Å². The maximum atomic E-state index is 12.6. The summed E-state index contributed by atoms with van der Waals surface area (Å²) in [5.41, 5.74) is 2.90. The Morgan fingerprint density at radius 3 is 2.46 bits per heavy atom. The first-order valence-electron chi connectivity index (χ1n) is 9.28. The van der Waals surface area contributed by atoms with Crippen LogP contribution in [0.25, 0.3) is 11.0 Å². The molecule has 2 saturated heterocycles. The zero-order valence-corrected chi connectivity index (χ0v) is 16.3. The average molecular weight is 382 g/mol. The van der Waals surface area contributed by atoms with Crippen molar-refractivity contribution in [1.29, 1.82) is 0 Å². The summed E-state index contributed by atoms with van der Waals surface area (Å²) in [4.78, 5) is 18.2. The van der Waals surface area contributed by atoms with Gasteiger partial charge in [-0.25, -0.2) is 4.79 Å². The lowest BCUT2D eigenvalue weighted by molar-refractivity contribution is 0.0220. The van der Waals surface area contributed by atoms with E-state index in [1.165, 1.54) is 0 Å². The number of methoxy groups -OCH3 is 1. The van der Waals surface area contributed by atoms with E-state index in [1.807, 2.05) is 17.6 Å². The highest BCUT2D eigenvalue weighted by Gasteiger charge is 2.28. The molecule has 6 nitrogen and oxygen atoms in total. The minimum atomic E-state index is -0.00725. The third kappa shape index (κ3) is 3.50. The first-order chi connectivity index (χ1) is 12.2. The summed E-state index contributed by atoms with van der Waals surface area (Å²) in [6.07, 6.45) is 4.32. The molecule has 2 fully saturated rings. The van der Waals surface area contributed by atoms with Gasteiger partial charge in [-0.1, -0.05) is 0 Å². The third-order valence-corrected chi connectivity index (χ3v) is 5.80. The molecule has 0 aliphatic carbocycles. The predicted octanol–water partition coefficient (Wildman–Crippen LogP) is 2.88. The molecule has 0 saturated carbocycles. The van der Waals surface area contributed by atoms with E-state index in [9.17, 15) is 4.79 Å². The predicted molar refractivity (Wildman–Crippen MR) is 105 cm³/mol. The zero-order chi connectivity index (χ0) is 17.4. The Hall–Kier alpha value is -1.50. The van der Waals surface area contributed by atoms with Gasteiger partial charge in [0.2, 0.25) is 0 Å². The van der Waals surface area contributed by atoms with Gasteiger partial charge < -0.3 is 19.4 Å². The van der Waals surface area contributed by atoms with Crippen molar-refractivity contribution in [1.82, 2.24) is 14.5 Å². The topological polar surface area (TPSA) is 59.5 Å². The monoisotopic (exact) mass is 381 g/mol. The van der Waals surface area contributed by atoms with Crippen LogP contribution in [0.3, 0.4) is 0 Å². The number of aromatic nitrogens is 2. The number of halogens is 1. The molecule has 1 N–H and O–H groups in total. The van der Waals surface area contributed by atoms with Gasteiger partial charge in [0, 0.05) is 44.5 Å².